The number of esters is 1. The van der Waals surface area contributed by atoms with Gasteiger partial charge in [-0.05, 0) is 0 Å². The average molecular weight is 318 g/mol. The zero-order chi connectivity index (χ0) is 13.8. The summed E-state index contributed by atoms with van der Waals surface area (Å²) in [4.78, 5) is 19.9. The molecule has 2 radical (unpaired) electrons. The molecule has 0 saturated carbocycles. The van der Waals surface area contributed by atoms with Gasteiger partial charge in [0.05, 0.1) is 0 Å². The van der Waals surface area contributed by atoms with Crippen molar-refractivity contribution in [3.05, 3.63) is 41.7 Å². The van der Waals surface area contributed by atoms with E-state index in [2.05, 4.69) is 31.6 Å². The number of benzene rings is 1. The third kappa shape index (κ3) is 3.00. The number of rotatable bonds is 3. The molecule has 0 aliphatic heterocycles. The molecule has 5 nitrogen and oxygen atoms in total. The minimum absolute atomic E-state index is 0.0477. The van der Waals surface area contributed by atoms with Crippen LogP contribution in [0.15, 0.2) is 30.5 Å². The third-order valence-electron chi connectivity index (χ3n) is 2.54. The quantitative estimate of drug-likeness (QED) is 0.647. The fourth-order valence-corrected chi connectivity index (χ4v) is 2.00. The van der Waals surface area contributed by atoms with Crippen LogP contribution < -0.4 is 4.48 Å². The first-order chi connectivity index (χ1) is 9.15. The predicted octanol–water partition coefficient (Wildman–Crippen LogP) is 0.216. The maximum atomic E-state index is 11.6. The van der Waals surface area contributed by atoms with E-state index in [1.54, 1.807) is 12.3 Å². The molecule has 2 aromatic rings. The molecule has 1 aromatic carbocycles. The number of ether oxygens (including phenoxy) is 1. The van der Waals surface area contributed by atoms with Gasteiger partial charge in [0.25, 0.3) is 0 Å². The molecule has 0 fully saturated rings. The van der Waals surface area contributed by atoms with Gasteiger partial charge >= 0.3 is 119 Å². The second-order valence-electron chi connectivity index (χ2n) is 3.78. The van der Waals surface area contributed by atoms with E-state index in [1.165, 1.54) is 7.11 Å². The van der Waals surface area contributed by atoms with Crippen molar-refractivity contribution >= 4 is 27.3 Å². The topological polar surface area (TPSA) is 72.3 Å². The van der Waals surface area contributed by atoms with E-state index in [4.69, 9.17) is 5.11 Å². The fraction of sp³-hybridized carbons (Fsp3) is 0.154. The van der Waals surface area contributed by atoms with Gasteiger partial charge < -0.3 is 0 Å². The summed E-state index contributed by atoms with van der Waals surface area (Å²) in [7, 11) is 1.30. The first-order valence-electron chi connectivity index (χ1n) is 5.50. The molecule has 0 aliphatic rings. The molecule has 96 valence electrons. The molecule has 0 amide bonds. The number of aromatic nitrogens is 2. The summed E-state index contributed by atoms with van der Waals surface area (Å²) in [6, 6.07) is 7.27. The van der Waals surface area contributed by atoms with Crippen molar-refractivity contribution in [3.63, 3.8) is 0 Å². The van der Waals surface area contributed by atoms with Gasteiger partial charge in [0.1, 0.15) is 0 Å². The van der Waals surface area contributed by atoms with Gasteiger partial charge in [-0.2, -0.15) is 0 Å². The number of methoxy groups -OCH3 is 1. The van der Waals surface area contributed by atoms with Crippen molar-refractivity contribution in [2.45, 2.75) is 6.61 Å². The van der Waals surface area contributed by atoms with E-state index in [0.717, 1.165) is 11.1 Å². The van der Waals surface area contributed by atoms with Crippen LogP contribution in [0.25, 0.3) is 11.3 Å². The molecule has 6 heteroatoms. The number of nitrogens with zero attached hydrogens (tertiary/aromatic N) is 2. The molecule has 0 unspecified atom stereocenters. The average Bonchev–Trinajstić information content (AvgIpc) is 2.47. The monoisotopic (exact) mass is 318 g/mol. The second kappa shape index (κ2) is 5.95. The van der Waals surface area contributed by atoms with E-state index in [-0.39, 0.29) is 12.3 Å². The molecule has 1 aromatic heterocycles. The van der Waals surface area contributed by atoms with Crippen molar-refractivity contribution in [3.8, 4) is 11.3 Å². The molecule has 1 N–H and O–H groups in total. The van der Waals surface area contributed by atoms with Gasteiger partial charge in [-0.3, -0.25) is 0 Å². The van der Waals surface area contributed by atoms with Gasteiger partial charge in [0, 0.05) is 0 Å². The molecule has 0 atom stereocenters. The van der Waals surface area contributed by atoms with Crippen molar-refractivity contribution < 1.29 is 14.6 Å². The molecule has 0 spiro atoms. The summed E-state index contributed by atoms with van der Waals surface area (Å²) in [6.07, 6.45) is 1.58. The molecule has 2 rings (SSSR count). The molecule has 0 bridgehead atoms. The standard InChI is InChI=1S/C13H11AsN2O3/c1-19-13(18)11-12(14)15-6-10(16-11)9-4-2-3-8(5-9)7-17/h2-6,17H,7H2,1H3. The normalized spacial score (nSPS) is 10.3. The van der Waals surface area contributed by atoms with Crippen LogP contribution in [0.1, 0.15) is 16.1 Å². The predicted molar refractivity (Wildman–Crippen MR) is 70.1 cm³/mol. The van der Waals surface area contributed by atoms with E-state index < -0.39 is 5.97 Å². The Hall–Kier alpha value is -1.71. The van der Waals surface area contributed by atoms with Crippen LogP contribution in [0.3, 0.4) is 0 Å². The minimum atomic E-state index is -0.525. The first kappa shape index (κ1) is 13.7. The summed E-state index contributed by atoms with van der Waals surface area (Å²) >= 11 is 2.19. The van der Waals surface area contributed by atoms with Crippen molar-refractivity contribution in [1.29, 1.82) is 0 Å². The van der Waals surface area contributed by atoms with Crippen molar-refractivity contribution in [2.75, 3.05) is 7.11 Å². The molecule has 19 heavy (non-hydrogen) atoms. The van der Waals surface area contributed by atoms with Crippen LogP contribution in [0.2, 0.25) is 0 Å². The van der Waals surface area contributed by atoms with Crippen LogP contribution in [0.5, 0.6) is 0 Å². The van der Waals surface area contributed by atoms with Gasteiger partial charge in [-0.25, -0.2) is 0 Å². The van der Waals surface area contributed by atoms with Crippen molar-refractivity contribution in [2.24, 2.45) is 0 Å². The maximum absolute atomic E-state index is 11.6. The summed E-state index contributed by atoms with van der Waals surface area (Å²) in [5.41, 5.74) is 2.30. The van der Waals surface area contributed by atoms with Crippen LogP contribution in [0, 0.1) is 0 Å². The summed E-state index contributed by atoms with van der Waals surface area (Å²) in [6.45, 7) is -0.0477. The zero-order valence-electron chi connectivity index (χ0n) is 10.2. The van der Waals surface area contributed by atoms with Crippen LogP contribution in [-0.2, 0) is 11.3 Å². The molecular formula is C13H11AsN2O3. The Morgan fingerprint density at radius 1 is 1.47 bits per heavy atom. The SMILES string of the molecule is COC(=O)c1nc(-c2cccc(CO)c2)cnc1[As]. The number of hydrogen-bond donors (Lipinski definition) is 1. The summed E-state index contributed by atoms with van der Waals surface area (Å²) in [5, 5.41) is 9.12. The number of aliphatic hydroxyl groups is 1. The van der Waals surface area contributed by atoms with E-state index in [9.17, 15) is 4.79 Å². The van der Waals surface area contributed by atoms with Gasteiger partial charge in [0.2, 0.25) is 0 Å². The van der Waals surface area contributed by atoms with Gasteiger partial charge in [0.15, 0.2) is 0 Å². The molecule has 0 saturated heterocycles. The van der Waals surface area contributed by atoms with Crippen LogP contribution in [-0.4, -0.2) is 45.0 Å². The van der Waals surface area contributed by atoms with Crippen LogP contribution >= 0.6 is 0 Å². The number of carbonyl (C=O) groups is 1. The van der Waals surface area contributed by atoms with Crippen molar-refractivity contribution in [1.82, 2.24) is 9.97 Å². The van der Waals surface area contributed by atoms with Gasteiger partial charge in [-0.1, -0.05) is 0 Å². The Morgan fingerprint density at radius 3 is 2.95 bits per heavy atom. The van der Waals surface area contributed by atoms with Gasteiger partial charge in [-0.15, -0.1) is 0 Å². The molecular weight excluding hydrogens is 307 g/mol. The fourth-order valence-electron chi connectivity index (χ4n) is 1.58. The number of carbonyl (C=O) groups excluding carboxylic acids is 1. The first-order valence-corrected chi connectivity index (χ1v) is 6.44. The summed E-state index contributed by atoms with van der Waals surface area (Å²) < 4.78 is 5.12. The summed E-state index contributed by atoms with van der Waals surface area (Å²) in [5.74, 6) is -0.525. The Labute approximate surface area is 119 Å². The van der Waals surface area contributed by atoms with E-state index >= 15 is 0 Å². The number of aliphatic hydroxyl groups excluding tert-OH is 1. The Bertz CT molecular complexity index is 617. The van der Waals surface area contributed by atoms with Crippen LogP contribution in [0.4, 0.5) is 0 Å². The molecule has 0 aliphatic carbocycles. The Morgan fingerprint density at radius 2 is 2.26 bits per heavy atom. The third-order valence-corrected chi connectivity index (χ3v) is 3.22. The second-order valence-corrected chi connectivity index (χ2v) is 4.67. The zero-order valence-corrected chi connectivity index (χ0v) is 12.1. The Balaban J connectivity index is 2.48. The Kier molecular flexibility index (Phi) is 4.30. The van der Waals surface area contributed by atoms with E-state index in [1.807, 2.05) is 18.2 Å². The molecule has 1 heterocycles. The number of hydrogen-bond acceptors (Lipinski definition) is 5. The van der Waals surface area contributed by atoms with E-state index in [0.29, 0.717) is 10.2 Å².